The average molecular weight is 367 g/mol. The van der Waals surface area contributed by atoms with Gasteiger partial charge in [0.1, 0.15) is 6.04 Å². The Morgan fingerprint density at radius 3 is 2.74 bits per heavy atom. The van der Waals surface area contributed by atoms with Crippen LogP contribution in [0.5, 0.6) is 0 Å². The minimum absolute atomic E-state index is 0.00776. The van der Waals surface area contributed by atoms with Crippen molar-refractivity contribution in [3.8, 4) is 0 Å². The molecular formula is C20H25N5O2. The van der Waals surface area contributed by atoms with Gasteiger partial charge in [0.2, 0.25) is 11.9 Å². The molecule has 0 aliphatic carbocycles. The minimum atomic E-state index is -0.610. The molecule has 1 aromatic heterocycles. The zero-order chi connectivity index (χ0) is 19.2. The summed E-state index contributed by atoms with van der Waals surface area (Å²) in [6.07, 6.45) is 5.28. The van der Waals surface area contributed by atoms with Crippen LogP contribution in [-0.4, -0.2) is 47.0 Å². The molecule has 27 heavy (non-hydrogen) atoms. The van der Waals surface area contributed by atoms with Crippen molar-refractivity contribution in [2.45, 2.75) is 38.8 Å². The van der Waals surface area contributed by atoms with Gasteiger partial charge in [-0.15, -0.1) is 0 Å². The lowest BCUT2D eigenvalue weighted by molar-refractivity contribution is -0.123. The predicted molar refractivity (Wildman–Crippen MR) is 104 cm³/mol. The molecule has 0 unspecified atom stereocenters. The van der Waals surface area contributed by atoms with E-state index in [4.69, 9.17) is 0 Å². The van der Waals surface area contributed by atoms with Crippen molar-refractivity contribution < 1.29 is 9.59 Å². The molecule has 1 aliphatic heterocycles. The number of nitrogens with zero attached hydrogens (tertiary/aromatic N) is 3. The zero-order valence-corrected chi connectivity index (χ0v) is 15.7. The first kappa shape index (κ1) is 18.8. The van der Waals surface area contributed by atoms with Gasteiger partial charge in [-0.25, -0.2) is 9.97 Å². The Morgan fingerprint density at radius 2 is 2.00 bits per heavy atom. The summed E-state index contributed by atoms with van der Waals surface area (Å²) in [5.74, 6) is 0.249. The van der Waals surface area contributed by atoms with Crippen LogP contribution in [0, 0.1) is 6.92 Å². The number of nitrogens with one attached hydrogen (secondary N) is 2. The van der Waals surface area contributed by atoms with Crippen LogP contribution < -0.4 is 15.5 Å². The monoisotopic (exact) mass is 367 g/mol. The van der Waals surface area contributed by atoms with Crippen LogP contribution in [0.15, 0.2) is 42.7 Å². The molecule has 2 atom stereocenters. The van der Waals surface area contributed by atoms with Crippen molar-refractivity contribution in [1.29, 1.82) is 0 Å². The molecule has 1 aromatic carbocycles. The number of aromatic nitrogens is 2. The van der Waals surface area contributed by atoms with Crippen LogP contribution >= 0.6 is 0 Å². The summed E-state index contributed by atoms with van der Waals surface area (Å²) in [5.41, 5.74) is 1.56. The fourth-order valence-corrected chi connectivity index (χ4v) is 3.19. The number of carbonyl (C=O) groups excluding carboxylic acids is 2. The Balaban J connectivity index is 1.54. The standard InChI is InChI=1S/C20H25N5O2/c1-14-6-3-7-16(12-14)19(27)23-15(2)18(26)24-17-8-4-11-25(13-17)20-21-9-5-10-22-20/h3,5-7,9-10,12,15,17H,4,8,11,13H2,1-2H3,(H,23,27)(H,24,26)/t15-,17-/m1/s1. The largest absolute Gasteiger partial charge is 0.350 e. The highest BCUT2D eigenvalue weighted by molar-refractivity contribution is 5.97. The second-order valence-corrected chi connectivity index (χ2v) is 6.91. The van der Waals surface area contributed by atoms with E-state index in [1.54, 1.807) is 37.5 Å². The fourth-order valence-electron chi connectivity index (χ4n) is 3.19. The van der Waals surface area contributed by atoms with E-state index in [-0.39, 0.29) is 17.9 Å². The van der Waals surface area contributed by atoms with E-state index >= 15 is 0 Å². The molecule has 0 saturated carbocycles. The number of hydrogen-bond acceptors (Lipinski definition) is 5. The quantitative estimate of drug-likeness (QED) is 0.840. The Kier molecular flexibility index (Phi) is 6.01. The molecule has 0 bridgehead atoms. The second kappa shape index (κ2) is 8.62. The third kappa shape index (κ3) is 5.03. The maximum absolute atomic E-state index is 12.5. The molecule has 2 amide bonds. The van der Waals surface area contributed by atoms with Gasteiger partial charge in [0.15, 0.2) is 0 Å². The summed E-state index contributed by atoms with van der Waals surface area (Å²) >= 11 is 0. The van der Waals surface area contributed by atoms with Crippen molar-refractivity contribution in [3.63, 3.8) is 0 Å². The maximum Gasteiger partial charge on any atom is 0.251 e. The van der Waals surface area contributed by atoms with Gasteiger partial charge in [0, 0.05) is 37.1 Å². The van der Waals surface area contributed by atoms with Crippen LogP contribution in [0.3, 0.4) is 0 Å². The van der Waals surface area contributed by atoms with E-state index < -0.39 is 6.04 Å². The molecule has 1 fully saturated rings. The van der Waals surface area contributed by atoms with Gasteiger partial charge < -0.3 is 15.5 Å². The summed E-state index contributed by atoms with van der Waals surface area (Å²) in [7, 11) is 0. The number of amides is 2. The van der Waals surface area contributed by atoms with Crippen LogP contribution in [0.4, 0.5) is 5.95 Å². The van der Waals surface area contributed by atoms with Crippen LogP contribution in [0.1, 0.15) is 35.7 Å². The van der Waals surface area contributed by atoms with Gasteiger partial charge in [-0.2, -0.15) is 0 Å². The first-order chi connectivity index (χ1) is 13.0. The van der Waals surface area contributed by atoms with Crippen molar-refractivity contribution in [2.24, 2.45) is 0 Å². The third-order valence-electron chi connectivity index (χ3n) is 4.62. The summed E-state index contributed by atoms with van der Waals surface area (Å²) in [6, 6.07) is 8.49. The topological polar surface area (TPSA) is 87.2 Å². The lowest BCUT2D eigenvalue weighted by Gasteiger charge is -2.33. The smallest absolute Gasteiger partial charge is 0.251 e. The normalized spacial score (nSPS) is 17.9. The number of piperidine rings is 1. The van der Waals surface area contributed by atoms with Crippen LogP contribution in [0.2, 0.25) is 0 Å². The number of rotatable bonds is 5. The van der Waals surface area contributed by atoms with E-state index in [1.165, 1.54) is 0 Å². The molecule has 0 radical (unpaired) electrons. The zero-order valence-electron chi connectivity index (χ0n) is 15.7. The van der Waals surface area contributed by atoms with E-state index in [0.717, 1.165) is 24.9 Å². The first-order valence-corrected chi connectivity index (χ1v) is 9.23. The number of anilines is 1. The summed E-state index contributed by atoms with van der Waals surface area (Å²) in [6.45, 7) is 5.16. The maximum atomic E-state index is 12.5. The molecular weight excluding hydrogens is 342 g/mol. The van der Waals surface area contributed by atoms with Crippen molar-refractivity contribution in [1.82, 2.24) is 20.6 Å². The van der Waals surface area contributed by atoms with E-state index in [9.17, 15) is 9.59 Å². The predicted octanol–water partition coefficient (Wildman–Crippen LogP) is 1.69. The van der Waals surface area contributed by atoms with Gasteiger partial charge in [0.25, 0.3) is 5.91 Å². The average Bonchev–Trinajstić information content (AvgIpc) is 2.68. The van der Waals surface area contributed by atoms with E-state index in [1.807, 2.05) is 19.1 Å². The number of benzene rings is 1. The van der Waals surface area contributed by atoms with E-state index in [2.05, 4.69) is 25.5 Å². The molecule has 7 heteroatoms. The van der Waals surface area contributed by atoms with Gasteiger partial charge in [-0.1, -0.05) is 17.7 Å². The second-order valence-electron chi connectivity index (χ2n) is 6.91. The molecule has 1 saturated heterocycles. The first-order valence-electron chi connectivity index (χ1n) is 9.23. The lowest BCUT2D eigenvalue weighted by Crippen LogP contribution is -2.53. The molecule has 1 aliphatic rings. The van der Waals surface area contributed by atoms with Gasteiger partial charge in [-0.05, 0) is 44.9 Å². The molecule has 7 nitrogen and oxygen atoms in total. The highest BCUT2D eigenvalue weighted by Gasteiger charge is 2.25. The fraction of sp³-hybridized carbons (Fsp3) is 0.400. The van der Waals surface area contributed by atoms with Gasteiger partial charge in [-0.3, -0.25) is 9.59 Å². The summed E-state index contributed by atoms with van der Waals surface area (Å²) < 4.78 is 0. The summed E-state index contributed by atoms with van der Waals surface area (Å²) in [5, 5.41) is 5.80. The number of aryl methyl sites for hydroxylation is 1. The van der Waals surface area contributed by atoms with Gasteiger partial charge in [0.05, 0.1) is 0 Å². The molecule has 2 aromatic rings. The lowest BCUT2D eigenvalue weighted by atomic mass is 10.1. The van der Waals surface area contributed by atoms with Crippen LogP contribution in [-0.2, 0) is 4.79 Å². The highest BCUT2D eigenvalue weighted by Crippen LogP contribution is 2.15. The highest BCUT2D eigenvalue weighted by atomic mass is 16.2. The minimum Gasteiger partial charge on any atom is -0.350 e. The third-order valence-corrected chi connectivity index (χ3v) is 4.62. The molecule has 3 rings (SSSR count). The Morgan fingerprint density at radius 1 is 1.22 bits per heavy atom. The summed E-state index contributed by atoms with van der Waals surface area (Å²) in [4.78, 5) is 35.5. The molecule has 0 spiro atoms. The number of hydrogen-bond donors (Lipinski definition) is 2. The SMILES string of the molecule is Cc1cccc(C(=O)N[C@H](C)C(=O)N[C@@H]2CCCN(c3ncccn3)C2)c1. The Hall–Kier alpha value is -2.96. The van der Waals surface area contributed by atoms with Crippen LogP contribution in [0.25, 0.3) is 0 Å². The van der Waals surface area contributed by atoms with Gasteiger partial charge >= 0.3 is 0 Å². The molecule has 2 heterocycles. The van der Waals surface area contributed by atoms with Crippen molar-refractivity contribution >= 4 is 17.8 Å². The Labute approximate surface area is 159 Å². The molecule has 142 valence electrons. The Bertz CT molecular complexity index is 796. The number of carbonyl (C=O) groups is 2. The van der Waals surface area contributed by atoms with Crippen molar-refractivity contribution in [2.75, 3.05) is 18.0 Å². The van der Waals surface area contributed by atoms with E-state index in [0.29, 0.717) is 18.1 Å². The molecule has 2 N–H and O–H groups in total. The van der Waals surface area contributed by atoms with Crippen molar-refractivity contribution in [3.05, 3.63) is 53.9 Å².